The highest BCUT2D eigenvalue weighted by Gasteiger charge is 2.37. The number of nitro groups is 1. The number of sulfonamides is 1. The predicted molar refractivity (Wildman–Crippen MR) is 110 cm³/mol. The van der Waals surface area contributed by atoms with Gasteiger partial charge in [-0.3, -0.25) is 14.9 Å². The van der Waals surface area contributed by atoms with Crippen molar-refractivity contribution in [3.63, 3.8) is 0 Å². The summed E-state index contributed by atoms with van der Waals surface area (Å²) in [5.74, 6) is -1.91. The number of carbonyl (C=O) groups is 2. The second-order valence-electron chi connectivity index (χ2n) is 8.42. The molecule has 0 spiro atoms. The first kappa shape index (κ1) is 24.5. The molecule has 12 heteroatoms. The molecule has 0 unspecified atom stereocenters. The molecule has 2 rings (SSSR count). The number of rotatable bonds is 7. The van der Waals surface area contributed by atoms with Crippen LogP contribution in [-0.4, -0.2) is 48.2 Å². The molecule has 1 aromatic rings. The van der Waals surface area contributed by atoms with Crippen LogP contribution in [0.25, 0.3) is 0 Å². The van der Waals surface area contributed by atoms with Crippen LogP contribution in [0.15, 0.2) is 29.2 Å². The number of nitrogens with zero attached hydrogens (tertiary/aromatic N) is 1. The van der Waals surface area contributed by atoms with Gasteiger partial charge in [0.2, 0.25) is 10.0 Å². The highest BCUT2D eigenvalue weighted by atomic mass is 32.2. The molecular weight excluding hydrogens is 430 g/mol. The molecule has 1 aliphatic carbocycles. The second-order valence-corrected chi connectivity index (χ2v) is 10.1. The fourth-order valence-corrected chi connectivity index (χ4v) is 4.92. The molecule has 11 nitrogen and oxygen atoms in total. The second kappa shape index (κ2) is 9.60. The van der Waals surface area contributed by atoms with Crippen LogP contribution in [0, 0.1) is 16.0 Å². The number of amides is 1. The Morgan fingerprint density at radius 3 is 2.29 bits per heavy atom. The fourth-order valence-electron chi connectivity index (χ4n) is 3.49. The van der Waals surface area contributed by atoms with E-state index in [2.05, 4.69) is 10.0 Å². The van der Waals surface area contributed by atoms with Gasteiger partial charge in [-0.1, -0.05) is 12.1 Å². The minimum absolute atomic E-state index is 0.215. The topological polar surface area (TPSA) is 165 Å². The fraction of sp³-hybridized carbons (Fsp3) is 0.579. The summed E-state index contributed by atoms with van der Waals surface area (Å²) >= 11 is 0. The third-order valence-corrected chi connectivity index (χ3v) is 6.35. The minimum Gasteiger partial charge on any atom is -0.480 e. The number of nitro benzene ring substituents is 1. The van der Waals surface area contributed by atoms with Crippen LogP contribution >= 0.6 is 0 Å². The van der Waals surface area contributed by atoms with E-state index < -0.39 is 55.2 Å². The van der Waals surface area contributed by atoms with Crippen LogP contribution in [0.5, 0.6) is 0 Å². The van der Waals surface area contributed by atoms with Gasteiger partial charge in [0.05, 0.1) is 4.92 Å². The van der Waals surface area contributed by atoms with Crippen molar-refractivity contribution in [2.24, 2.45) is 5.92 Å². The Labute approximate surface area is 180 Å². The maximum absolute atomic E-state index is 12.7. The van der Waals surface area contributed by atoms with Crippen molar-refractivity contribution < 1.29 is 32.8 Å². The van der Waals surface area contributed by atoms with Crippen LogP contribution < -0.4 is 10.0 Å². The molecule has 3 N–H and O–H groups in total. The molecule has 1 aliphatic rings. The van der Waals surface area contributed by atoms with Gasteiger partial charge in [-0.2, -0.15) is 4.72 Å². The van der Waals surface area contributed by atoms with E-state index in [0.29, 0.717) is 25.7 Å². The van der Waals surface area contributed by atoms with E-state index in [1.807, 2.05) is 0 Å². The molecule has 0 aliphatic heterocycles. The van der Waals surface area contributed by atoms with Gasteiger partial charge in [-0.25, -0.2) is 13.2 Å². The highest BCUT2D eigenvalue weighted by molar-refractivity contribution is 7.89. The highest BCUT2D eigenvalue weighted by Crippen LogP contribution is 2.29. The van der Waals surface area contributed by atoms with Crippen molar-refractivity contribution in [3.05, 3.63) is 34.4 Å². The van der Waals surface area contributed by atoms with Gasteiger partial charge in [0.15, 0.2) is 4.90 Å². The van der Waals surface area contributed by atoms with Crippen molar-refractivity contribution >= 4 is 27.8 Å². The zero-order valence-corrected chi connectivity index (χ0v) is 18.3. The molecule has 0 saturated heterocycles. The van der Waals surface area contributed by atoms with Crippen molar-refractivity contribution in [1.29, 1.82) is 0 Å². The number of benzene rings is 1. The normalized spacial score (nSPS) is 20.5. The number of hydrogen-bond donors (Lipinski definition) is 3. The summed E-state index contributed by atoms with van der Waals surface area (Å²) in [4.78, 5) is 33.4. The van der Waals surface area contributed by atoms with Gasteiger partial charge >= 0.3 is 12.1 Å². The van der Waals surface area contributed by atoms with Gasteiger partial charge in [-0.15, -0.1) is 0 Å². The van der Waals surface area contributed by atoms with Crippen molar-refractivity contribution in [1.82, 2.24) is 10.0 Å². The third-order valence-electron chi connectivity index (χ3n) is 4.86. The first-order chi connectivity index (χ1) is 14.3. The van der Waals surface area contributed by atoms with Crippen LogP contribution in [0.3, 0.4) is 0 Å². The number of hydrogen-bond acceptors (Lipinski definition) is 7. The summed E-state index contributed by atoms with van der Waals surface area (Å²) < 4.78 is 32.7. The average Bonchev–Trinajstić information content (AvgIpc) is 2.65. The number of alkyl carbamates (subject to hydrolysis) is 1. The Morgan fingerprint density at radius 2 is 1.77 bits per heavy atom. The molecule has 1 atom stereocenters. The first-order valence-corrected chi connectivity index (χ1v) is 11.3. The molecule has 0 aromatic heterocycles. The van der Waals surface area contributed by atoms with Gasteiger partial charge in [0, 0.05) is 12.1 Å². The van der Waals surface area contributed by atoms with E-state index in [4.69, 9.17) is 4.74 Å². The van der Waals surface area contributed by atoms with Gasteiger partial charge < -0.3 is 15.2 Å². The number of aliphatic carboxylic acids is 1. The van der Waals surface area contributed by atoms with E-state index >= 15 is 0 Å². The monoisotopic (exact) mass is 457 g/mol. The van der Waals surface area contributed by atoms with E-state index in [1.54, 1.807) is 20.8 Å². The van der Waals surface area contributed by atoms with Crippen LogP contribution in [0.4, 0.5) is 10.5 Å². The molecule has 1 aromatic carbocycles. The van der Waals surface area contributed by atoms with Crippen LogP contribution in [0.1, 0.15) is 46.5 Å². The van der Waals surface area contributed by atoms with Gasteiger partial charge in [0.25, 0.3) is 5.69 Å². The lowest BCUT2D eigenvalue weighted by Gasteiger charge is -2.33. The molecule has 31 heavy (non-hydrogen) atoms. The maximum atomic E-state index is 12.7. The van der Waals surface area contributed by atoms with E-state index in [-0.39, 0.29) is 6.04 Å². The Kier molecular flexibility index (Phi) is 7.60. The lowest BCUT2D eigenvalue weighted by Crippen LogP contribution is -2.49. The largest absolute Gasteiger partial charge is 0.480 e. The van der Waals surface area contributed by atoms with Crippen molar-refractivity contribution in [2.75, 3.05) is 0 Å². The number of nitrogens with one attached hydrogen (secondary N) is 2. The lowest BCUT2D eigenvalue weighted by molar-refractivity contribution is -0.387. The molecule has 1 amide bonds. The average molecular weight is 458 g/mol. The third kappa shape index (κ3) is 6.89. The van der Waals surface area contributed by atoms with Crippen LogP contribution in [-0.2, 0) is 19.6 Å². The molecule has 1 fully saturated rings. The molecular formula is C19H27N3O8S. The van der Waals surface area contributed by atoms with E-state index in [9.17, 15) is 33.2 Å². The number of carbonyl (C=O) groups excluding carboxylic acids is 1. The van der Waals surface area contributed by atoms with Gasteiger partial charge in [-0.05, 0) is 58.4 Å². The zero-order valence-electron chi connectivity index (χ0n) is 17.5. The van der Waals surface area contributed by atoms with Crippen LogP contribution in [0.2, 0.25) is 0 Å². The summed E-state index contributed by atoms with van der Waals surface area (Å²) in [6.07, 6.45) is 1.01. The molecule has 0 heterocycles. The number of para-hydroxylation sites is 1. The van der Waals surface area contributed by atoms with Crippen molar-refractivity contribution in [2.45, 2.75) is 69.0 Å². The molecule has 172 valence electrons. The summed E-state index contributed by atoms with van der Waals surface area (Å²) in [7, 11) is -4.44. The lowest BCUT2D eigenvalue weighted by atomic mass is 9.82. The zero-order chi connectivity index (χ0) is 23.4. The maximum Gasteiger partial charge on any atom is 0.407 e. The first-order valence-electron chi connectivity index (χ1n) is 9.78. The van der Waals surface area contributed by atoms with Crippen molar-refractivity contribution in [3.8, 4) is 0 Å². The summed E-state index contributed by atoms with van der Waals surface area (Å²) in [6, 6.07) is 3.08. The smallest absolute Gasteiger partial charge is 0.407 e. The summed E-state index contributed by atoms with van der Waals surface area (Å²) in [6.45, 7) is 5.22. The Morgan fingerprint density at radius 1 is 1.19 bits per heavy atom. The Balaban J connectivity index is 2.07. The Hall–Kier alpha value is -2.73. The standard InChI is InChI=1S/C19H27N3O8S/c1-19(2,3)30-18(25)20-13-10-8-12(9-11-13)16(17(23)24)21-31(28,29)15-7-5-4-6-14(15)22(26)27/h4-7,12-13,16,21H,8-11H2,1-3H3,(H,20,25)(H,23,24)/t12?,13?,16-/m1/s1. The number of carboxylic acids is 1. The van der Waals surface area contributed by atoms with E-state index in [1.165, 1.54) is 12.1 Å². The molecule has 0 radical (unpaired) electrons. The summed E-state index contributed by atoms with van der Waals surface area (Å²) in [5, 5.41) is 23.5. The molecule has 1 saturated carbocycles. The minimum atomic E-state index is -4.44. The van der Waals surface area contributed by atoms with Gasteiger partial charge in [0.1, 0.15) is 11.6 Å². The Bertz CT molecular complexity index is 934. The quantitative estimate of drug-likeness (QED) is 0.415. The number of ether oxygens (including phenoxy) is 1. The number of carboxylic acid groups (broad SMARTS) is 1. The SMILES string of the molecule is CC(C)(C)OC(=O)NC1CCC([C@@H](NS(=O)(=O)c2ccccc2[N+](=O)[O-])C(=O)O)CC1. The molecule has 0 bridgehead atoms. The van der Waals surface area contributed by atoms with E-state index in [0.717, 1.165) is 12.1 Å². The summed E-state index contributed by atoms with van der Waals surface area (Å²) in [5.41, 5.74) is -1.28. The predicted octanol–water partition coefficient (Wildman–Crippen LogP) is 2.41.